The Morgan fingerprint density at radius 3 is 1.38 bits per heavy atom. The van der Waals surface area contributed by atoms with Gasteiger partial charge in [-0.15, -0.1) is 0 Å². The molecule has 1 heterocycles. The van der Waals surface area contributed by atoms with Crippen molar-refractivity contribution in [2.75, 3.05) is 0 Å². The lowest BCUT2D eigenvalue weighted by atomic mass is 9.92. The smallest absolute Gasteiger partial charge is 0.164 e. The first-order valence-electron chi connectivity index (χ1n) is 18.3. The average Bonchev–Trinajstić information content (AvgIpc) is 4.03. The summed E-state index contributed by atoms with van der Waals surface area (Å²) in [4.78, 5) is 15.0. The van der Waals surface area contributed by atoms with Crippen LogP contribution in [0.25, 0.3) is 83.6 Å². The van der Waals surface area contributed by atoms with Crippen LogP contribution >= 0.6 is 0 Å². The van der Waals surface area contributed by atoms with Crippen molar-refractivity contribution in [1.29, 1.82) is 0 Å². The van der Waals surface area contributed by atoms with E-state index in [0.717, 1.165) is 27.9 Å². The molecule has 7 aromatic carbocycles. The standard InChI is InChI=1S/C50H35N3/c1-4-10-33(11-5-1)44-30-45(34-12-6-2-7-13-34)32-46(31-44)36-18-16-35(17-19-36)39-22-20-37-21-24-41(28-43(37)26-39)49-51-48(38-14-8-3-9-15-38)52-50(53-49)42-25-23-40-27-47(40)29-42/h1-26,28-32,40,47H,27H2. The topological polar surface area (TPSA) is 38.7 Å². The predicted octanol–water partition coefficient (Wildman–Crippen LogP) is 12.6. The molecule has 2 aliphatic carbocycles. The van der Waals surface area contributed by atoms with Crippen molar-refractivity contribution in [1.82, 2.24) is 15.0 Å². The molecule has 0 aliphatic heterocycles. The molecule has 3 heteroatoms. The molecule has 0 spiro atoms. The number of benzene rings is 7. The van der Waals surface area contributed by atoms with E-state index < -0.39 is 0 Å². The maximum absolute atomic E-state index is 5.04. The Hall–Kier alpha value is -6.71. The van der Waals surface area contributed by atoms with E-state index in [-0.39, 0.29) is 0 Å². The van der Waals surface area contributed by atoms with Crippen LogP contribution < -0.4 is 0 Å². The van der Waals surface area contributed by atoms with Gasteiger partial charge in [-0.25, -0.2) is 15.0 Å². The van der Waals surface area contributed by atoms with E-state index in [1.165, 1.54) is 56.3 Å². The van der Waals surface area contributed by atoms with Gasteiger partial charge < -0.3 is 0 Å². The van der Waals surface area contributed by atoms with Gasteiger partial charge in [-0.3, -0.25) is 0 Å². The Bertz CT molecular complexity index is 2620. The molecule has 0 saturated heterocycles. The summed E-state index contributed by atoms with van der Waals surface area (Å²) < 4.78 is 0. The summed E-state index contributed by atoms with van der Waals surface area (Å²) in [5.74, 6) is 3.39. The zero-order valence-electron chi connectivity index (χ0n) is 29.1. The number of aromatic nitrogens is 3. The highest BCUT2D eigenvalue weighted by Gasteiger charge is 2.35. The van der Waals surface area contributed by atoms with Crippen molar-refractivity contribution in [2.24, 2.45) is 11.8 Å². The van der Waals surface area contributed by atoms with Crippen LogP contribution in [0.2, 0.25) is 0 Å². The van der Waals surface area contributed by atoms with Gasteiger partial charge in [-0.2, -0.15) is 0 Å². The van der Waals surface area contributed by atoms with Crippen LogP contribution in [0.3, 0.4) is 0 Å². The lowest BCUT2D eigenvalue weighted by Crippen LogP contribution is -2.03. The monoisotopic (exact) mass is 677 g/mol. The summed E-state index contributed by atoms with van der Waals surface area (Å²) in [5, 5.41) is 2.32. The molecule has 1 aromatic heterocycles. The Morgan fingerprint density at radius 1 is 0.340 bits per heavy atom. The van der Waals surface area contributed by atoms with Crippen LogP contribution in [0, 0.1) is 11.8 Å². The molecule has 2 unspecified atom stereocenters. The van der Waals surface area contributed by atoms with Gasteiger partial charge in [0.2, 0.25) is 0 Å². The van der Waals surface area contributed by atoms with Gasteiger partial charge in [-0.05, 0) is 104 Å². The number of fused-ring (bicyclic) bond motifs is 2. The Balaban J connectivity index is 0.999. The second-order valence-corrected chi connectivity index (χ2v) is 14.1. The molecule has 10 rings (SSSR count). The molecule has 250 valence electrons. The summed E-state index contributed by atoms with van der Waals surface area (Å²) in [6.45, 7) is 0. The van der Waals surface area contributed by atoms with Crippen molar-refractivity contribution in [3.05, 3.63) is 194 Å². The third-order valence-corrected chi connectivity index (χ3v) is 10.5. The van der Waals surface area contributed by atoms with Crippen LogP contribution in [0.1, 0.15) is 12.2 Å². The molecule has 2 atom stereocenters. The third kappa shape index (κ3) is 6.28. The van der Waals surface area contributed by atoms with Crippen LogP contribution in [-0.4, -0.2) is 15.0 Å². The van der Waals surface area contributed by atoms with E-state index in [1.54, 1.807) is 0 Å². The quantitative estimate of drug-likeness (QED) is 0.169. The number of rotatable bonds is 7. The van der Waals surface area contributed by atoms with E-state index in [1.807, 2.05) is 18.2 Å². The summed E-state index contributed by atoms with van der Waals surface area (Å²) in [7, 11) is 0. The minimum Gasteiger partial charge on any atom is -0.208 e. The Labute approximate surface area is 309 Å². The SMILES string of the molecule is C1=CC2CC2C=C1c1nc(-c2ccccc2)nc(-c2ccc3ccc(-c4ccc(-c5cc(-c6ccccc6)cc(-c6ccccc6)c5)cc4)cc3c2)n1. The molecular formula is C50H35N3. The first-order chi connectivity index (χ1) is 26.2. The van der Waals surface area contributed by atoms with Gasteiger partial charge in [0.05, 0.1) is 0 Å². The maximum Gasteiger partial charge on any atom is 0.164 e. The maximum atomic E-state index is 5.04. The molecule has 0 N–H and O–H groups in total. The second-order valence-electron chi connectivity index (χ2n) is 14.1. The lowest BCUT2D eigenvalue weighted by molar-refractivity contribution is 0.970. The van der Waals surface area contributed by atoms with Gasteiger partial charge in [0, 0.05) is 16.7 Å². The highest BCUT2D eigenvalue weighted by atomic mass is 15.0. The highest BCUT2D eigenvalue weighted by molar-refractivity contribution is 5.91. The molecule has 0 amide bonds. The highest BCUT2D eigenvalue weighted by Crippen LogP contribution is 2.46. The van der Waals surface area contributed by atoms with Crippen LogP contribution in [0.5, 0.6) is 0 Å². The van der Waals surface area contributed by atoms with Crippen LogP contribution in [0.15, 0.2) is 188 Å². The fourth-order valence-corrected chi connectivity index (χ4v) is 7.47. The van der Waals surface area contributed by atoms with E-state index in [0.29, 0.717) is 23.5 Å². The minimum absolute atomic E-state index is 0.606. The first-order valence-corrected chi connectivity index (χ1v) is 18.3. The molecule has 53 heavy (non-hydrogen) atoms. The number of hydrogen-bond donors (Lipinski definition) is 0. The van der Waals surface area contributed by atoms with Gasteiger partial charge in [-0.1, -0.05) is 158 Å². The molecular weight excluding hydrogens is 643 g/mol. The van der Waals surface area contributed by atoms with Crippen LogP contribution in [0.4, 0.5) is 0 Å². The lowest BCUT2D eigenvalue weighted by Gasteiger charge is -2.12. The van der Waals surface area contributed by atoms with Gasteiger partial charge in [0.15, 0.2) is 17.5 Å². The fraction of sp³-hybridized carbons (Fsp3) is 0.0600. The molecule has 1 saturated carbocycles. The zero-order chi connectivity index (χ0) is 35.1. The zero-order valence-corrected chi connectivity index (χ0v) is 29.1. The molecule has 1 fully saturated rings. The van der Waals surface area contributed by atoms with Crippen molar-refractivity contribution >= 4 is 16.3 Å². The van der Waals surface area contributed by atoms with Gasteiger partial charge >= 0.3 is 0 Å². The molecule has 8 aromatic rings. The summed E-state index contributed by atoms with van der Waals surface area (Å²) in [5.41, 5.74) is 12.6. The van der Waals surface area contributed by atoms with E-state index in [2.05, 4.69) is 170 Å². The average molecular weight is 678 g/mol. The molecule has 0 bridgehead atoms. The van der Waals surface area contributed by atoms with E-state index in [4.69, 9.17) is 15.0 Å². The molecule has 3 nitrogen and oxygen atoms in total. The fourth-order valence-electron chi connectivity index (χ4n) is 7.47. The van der Waals surface area contributed by atoms with E-state index in [9.17, 15) is 0 Å². The largest absolute Gasteiger partial charge is 0.208 e. The first kappa shape index (κ1) is 31.1. The van der Waals surface area contributed by atoms with Gasteiger partial charge in [0.25, 0.3) is 0 Å². The molecule has 2 aliphatic rings. The van der Waals surface area contributed by atoms with E-state index >= 15 is 0 Å². The predicted molar refractivity (Wildman–Crippen MR) is 219 cm³/mol. The number of allylic oxidation sites excluding steroid dienone is 4. The Kier molecular flexibility index (Phi) is 7.69. The Morgan fingerprint density at radius 2 is 0.792 bits per heavy atom. The minimum atomic E-state index is 0.606. The normalized spacial score (nSPS) is 15.9. The van der Waals surface area contributed by atoms with Crippen molar-refractivity contribution < 1.29 is 0 Å². The number of nitrogens with zero attached hydrogens (tertiary/aromatic N) is 3. The van der Waals surface area contributed by atoms with Crippen LogP contribution in [-0.2, 0) is 0 Å². The van der Waals surface area contributed by atoms with Crippen molar-refractivity contribution in [3.8, 4) is 67.3 Å². The number of hydrogen-bond acceptors (Lipinski definition) is 3. The summed E-state index contributed by atoms with van der Waals surface area (Å²) in [6, 6.07) is 60.5. The van der Waals surface area contributed by atoms with Crippen molar-refractivity contribution in [2.45, 2.75) is 6.42 Å². The van der Waals surface area contributed by atoms with Gasteiger partial charge in [0.1, 0.15) is 0 Å². The summed E-state index contributed by atoms with van der Waals surface area (Å²) in [6.07, 6.45) is 8.04. The third-order valence-electron chi connectivity index (χ3n) is 10.5. The summed E-state index contributed by atoms with van der Waals surface area (Å²) >= 11 is 0. The molecule has 0 radical (unpaired) electrons. The van der Waals surface area contributed by atoms with Crippen molar-refractivity contribution in [3.63, 3.8) is 0 Å². The second kappa shape index (κ2) is 13.1.